The lowest BCUT2D eigenvalue weighted by atomic mass is 10.1. The molecule has 1 aliphatic rings. The molecular weight excluding hydrogens is 386 g/mol. The largest absolute Gasteiger partial charge is 0.485 e. The summed E-state index contributed by atoms with van der Waals surface area (Å²) in [4.78, 5) is 26.0. The van der Waals surface area contributed by atoms with E-state index in [4.69, 9.17) is 18.3 Å². The molecule has 4 aromatic rings. The van der Waals surface area contributed by atoms with Crippen LogP contribution in [0.25, 0.3) is 22.3 Å². The third-order valence-electron chi connectivity index (χ3n) is 5.07. The number of Topliss-reactive ketones (excluding diaryl/α,β-unsaturated/α-hetero) is 1. The van der Waals surface area contributed by atoms with E-state index in [0.717, 1.165) is 10.9 Å². The maximum atomic E-state index is 12.7. The maximum absolute atomic E-state index is 12.7. The van der Waals surface area contributed by atoms with Crippen molar-refractivity contribution in [3.8, 4) is 22.8 Å². The Morgan fingerprint density at radius 1 is 1.13 bits per heavy atom. The molecule has 0 bridgehead atoms. The molecule has 0 atom stereocenters. The van der Waals surface area contributed by atoms with Crippen molar-refractivity contribution >= 4 is 28.3 Å². The van der Waals surface area contributed by atoms with Gasteiger partial charge in [-0.2, -0.15) is 0 Å². The monoisotopic (exact) mass is 403 g/mol. The van der Waals surface area contributed by atoms with Crippen molar-refractivity contribution in [3.63, 3.8) is 0 Å². The highest BCUT2D eigenvalue weighted by Crippen LogP contribution is 2.34. The van der Waals surface area contributed by atoms with Crippen molar-refractivity contribution in [2.45, 2.75) is 0 Å². The van der Waals surface area contributed by atoms with E-state index < -0.39 is 0 Å². The van der Waals surface area contributed by atoms with Gasteiger partial charge in [-0.3, -0.25) is 9.59 Å². The van der Waals surface area contributed by atoms with Gasteiger partial charge in [0.2, 0.25) is 0 Å². The molecule has 5 rings (SSSR count). The second-order valence-corrected chi connectivity index (χ2v) is 6.92. The van der Waals surface area contributed by atoms with Gasteiger partial charge in [-0.15, -0.1) is 0 Å². The molecule has 0 saturated carbocycles. The number of rotatable bonds is 5. The highest BCUT2D eigenvalue weighted by molar-refractivity contribution is 6.02. The average Bonchev–Trinajstić information content (AvgIpc) is 3.43. The van der Waals surface area contributed by atoms with Gasteiger partial charge in [0, 0.05) is 18.0 Å². The summed E-state index contributed by atoms with van der Waals surface area (Å²) in [5, 5.41) is 0.834. The van der Waals surface area contributed by atoms with Crippen LogP contribution in [0.15, 0.2) is 69.9 Å². The summed E-state index contributed by atoms with van der Waals surface area (Å²) in [5.41, 5.74) is 2.52. The maximum Gasteiger partial charge on any atom is 0.264 e. The number of carbonyl (C=O) groups excluding carboxylic acids is 2. The number of carbonyl (C=O) groups is 2. The predicted octanol–water partition coefficient (Wildman–Crippen LogP) is 4.31. The van der Waals surface area contributed by atoms with Crippen LogP contribution >= 0.6 is 0 Å². The summed E-state index contributed by atoms with van der Waals surface area (Å²) in [6.07, 6.45) is 3.23. The van der Waals surface area contributed by atoms with Gasteiger partial charge in [0.25, 0.3) is 5.91 Å². The zero-order valence-electron chi connectivity index (χ0n) is 16.1. The fraction of sp³-hybridized carbons (Fsp3) is 0.130. The Kier molecular flexibility index (Phi) is 4.28. The van der Waals surface area contributed by atoms with E-state index in [1.54, 1.807) is 49.9 Å². The summed E-state index contributed by atoms with van der Waals surface area (Å²) in [5.74, 6) is 1.44. The SMILES string of the molecule is CN1C(=O)COc2ccc(C(=O)COc3ccc4occ(-c5ccco5)c4c3)cc21. The van der Waals surface area contributed by atoms with E-state index in [2.05, 4.69) is 0 Å². The number of furan rings is 2. The fourth-order valence-electron chi connectivity index (χ4n) is 3.40. The number of nitrogens with zero attached hydrogens (tertiary/aromatic N) is 1. The smallest absolute Gasteiger partial charge is 0.264 e. The van der Waals surface area contributed by atoms with Gasteiger partial charge in [-0.25, -0.2) is 0 Å². The molecule has 0 unspecified atom stereocenters. The first-order chi connectivity index (χ1) is 14.6. The van der Waals surface area contributed by atoms with E-state index in [-0.39, 0.29) is 24.9 Å². The first-order valence-electron chi connectivity index (χ1n) is 9.35. The number of hydrogen-bond donors (Lipinski definition) is 0. The first-order valence-corrected chi connectivity index (χ1v) is 9.35. The summed E-state index contributed by atoms with van der Waals surface area (Å²) in [7, 11) is 1.66. The van der Waals surface area contributed by atoms with Gasteiger partial charge in [-0.05, 0) is 48.5 Å². The van der Waals surface area contributed by atoms with Crippen LogP contribution in [-0.4, -0.2) is 32.0 Å². The lowest BCUT2D eigenvalue weighted by molar-refractivity contribution is -0.120. The normalized spacial score (nSPS) is 13.2. The summed E-state index contributed by atoms with van der Waals surface area (Å²) in [6, 6.07) is 14.0. The number of fused-ring (bicyclic) bond motifs is 2. The molecule has 7 nitrogen and oxygen atoms in total. The molecule has 0 aliphatic carbocycles. The molecule has 0 saturated heterocycles. The number of amides is 1. The molecule has 1 aliphatic heterocycles. The number of ketones is 1. The Morgan fingerprint density at radius 2 is 2.03 bits per heavy atom. The van der Waals surface area contributed by atoms with Crippen molar-refractivity contribution in [3.05, 3.63) is 66.6 Å². The second-order valence-electron chi connectivity index (χ2n) is 6.92. The van der Waals surface area contributed by atoms with Crippen molar-refractivity contribution in [1.29, 1.82) is 0 Å². The third-order valence-corrected chi connectivity index (χ3v) is 5.07. The molecular formula is C23H17NO6. The summed E-state index contributed by atoms with van der Waals surface area (Å²) < 4.78 is 22.1. The Bertz CT molecular complexity index is 1250. The Balaban J connectivity index is 1.35. The molecule has 0 spiro atoms. The fourth-order valence-corrected chi connectivity index (χ4v) is 3.40. The quantitative estimate of drug-likeness (QED) is 0.462. The van der Waals surface area contributed by atoms with Crippen LogP contribution < -0.4 is 14.4 Å². The number of anilines is 1. The predicted molar refractivity (Wildman–Crippen MR) is 109 cm³/mol. The Morgan fingerprint density at radius 3 is 2.87 bits per heavy atom. The standard InChI is InChI=1S/C23H17NO6/c1-24-18-9-14(4-6-22(18)30-13-23(24)26)19(25)12-28-15-5-7-21-16(10-15)17(11-29-21)20-3-2-8-27-20/h2-11H,12-13H2,1H3. The van der Waals surface area contributed by atoms with Crippen LogP contribution in [-0.2, 0) is 4.79 Å². The van der Waals surface area contributed by atoms with Crippen molar-refractivity contribution in [2.75, 3.05) is 25.2 Å². The number of likely N-dealkylation sites (N-methyl/N-ethyl adjacent to an activating group) is 1. The van der Waals surface area contributed by atoms with Crippen LogP contribution in [0.2, 0.25) is 0 Å². The number of benzene rings is 2. The molecule has 2 aromatic heterocycles. The first kappa shape index (κ1) is 18.1. The zero-order chi connectivity index (χ0) is 20.7. The topological polar surface area (TPSA) is 82.1 Å². The van der Waals surface area contributed by atoms with Gasteiger partial charge >= 0.3 is 0 Å². The van der Waals surface area contributed by atoms with Gasteiger partial charge in [0.15, 0.2) is 19.0 Å². The van der Waals surface area contributed by atoms with Crippen LogP contribution in [0.4, 0.5) is 5.69 Å². The van der Waals surface area contributed by atoms with E-state index in [0.29, 0.717) is 34.1 Å². The molecule has 0 N–H and O–H groups in total. The van der Waals surface area contributed by atoms with Crippen molar-refractivity contribution < 1.29 is 27.9 Å². The lowest BCUT2D eigenvalue weighted by Crippen LogP contribution is -2.35. The van der Waals surface area contributed by atoms with E-state index in [1.165, 1.54) is 4.90 Å². The molecule has 7 heteroatoms. The number of hydrogen-bond acceptors (Lipinski definition) is 6. The second kappa shape index (κ2) is 7.11. The van der Waals surface area contributed by atoms with Crippen molar-refractivity contribution in [1.82, 2.24) is 0 Å². The van der Waals surface area contributed by atoms with Gasteiger partial charge < -0.3 is 23.2 Å². The van der Waals surface area contributed by atoms with Crippen LogP contribution in [0.3, 0.4) is 0 Å². The van der Waals surface area contributed by atoms with E-state index >= 15 is 0 Å². The van der Waals surface area contributed by atoms with Gasteiger partial charge in [0.1, 0.15) is 29.1 Å². The molecule has 0 radical (unpaired) electrons. The molecule has 30 heavy (non-hydrogen) atoms. The summed E-state index contributed by atoms with van der Waals surface area (Å²) >= 11 is 0. The Hall–Kier alpha value is -4.00. The van der Waals surface area contributed by atoms with E-state index in [9.17, 15) is 9.59 Å². The van der Waals surface area contributed by atoms with Gasteiger partial charge in [0.05, 0.1) is 17.5 Å². The molecule has 0 fully saturated rings. The van der Waals surface area contributed by atoms with Crippen LogP contribution in [0, 0.1) is 0 Å². The minimum atomic E-state index is -0.206. The highest BCUT2D eigenvalue weighted by atomic mass is 16.5. The lowest BCUT2D eigenvalue weighted by Gasteiger charge is -2.26. The molecule has 3 heterocycles. The van der Waals surface area contributed by atoms with E-state index in [1.807, 2.05) is 18.2 Å². The van der Waals surface area contributed by atoms with Crippen LogP contribution in [0.5, 0.6) is 11.5 Å². The molecule has 150 valence electrons. The minimum Gasteiger partial charge on any atom is -0.485 e. The van der Waals surface area contributed by atoms with Crippen molar-refractivity contribution in [2.24, 2.45) is 0 Å². The van der Waals surface area contributed by atoms with Gasteiger partial charge in [-0.1, -0.05) is 0 Å². The number of ether oxygens (including phenoxy) is 2. The minimum absolute atomic E-state index is 0.00358. The Labute approximate surface area is 171 Å². The average molecular weight is 403 g/mol. The zero-order valence-corrected chi connectivity index (χ0v) is 16.1. The van der Waals surface area contributed by atoms with Crippen LogP contribution in [0.1, 0.15) is 10.4 Å². The third kappa shape index (κ3) is 3.10. The summed E-state index contributed by atoms with van der Waals surface area (Å²) in [6.45, 7) is -0.146. The molecule has 1 amide bonds. The molecule has 2 aromatic carbocycles. The highest BCUT2D eigenvalue weighted by Gasteiger charge is 2.23.